The third-order valence-corrected chi connectivity index (χ3v) is 8.80. The highest BCUT2D eigenvalue weighted by atomic mass is 35.5. The van der Waals surface area contributed by atoms with Crippen LogP contribution in [0.3, 0.4) is 0 Å². The molecule has 0 aromatic heterocycles. The first-order valence-corrected chi connectivity index (χ1v) is 15.0. The third-order valence-electron chi connectivity index (χ3n) is 6.04. The highest BCUT2D eigenvalue weighted by Gasteiger charge is 2.32. The van der Waals surface area contributed by atoms with Crippen molar-refractivity contribution in [2.75, 3.05) is 17.4 Å². The van der Waals surface area contributed by atoms with Crippen LogP contribution in [-0.2, 0) is 26.2 Å². The summed E-state index contributed by atoms with van der Waals surface area (Å²) in [4.78, 5) is 28.2. The minimum absolute atomic E-state index is 0.00680. The van der Waals surface area contributed by atoms with Crippen molar-refractivity contribution in [3.05, 3.63) is 93.4 Å². The zero-order valence-corrected chi connectivity index (χ0v) is 24.7. The average Bonchev–Trinajstić information content (AvgIpc) is 2.92. The van der Waals surface area contributed by atoms with Gasteiger partial charge in [0.05, 0.1) is 20.6 Å². The molecule has 1 N–H and O–H groups in total. The first-order chi connectivity index (χ1) is 18.5. The van der Waals surface area contributed by atoms with Crippen LogP contribution in [0.2, 0.25) is 15.1 Å². The largest absolute Gasteiger partial charge is 0.354 e. The van der Waals surface area contributed by atoms with E-state index in [4.69, 9.17) is 34.8 Å². The third kappa shape index (κ3) is 8.11. The molecular formula is C28H30Cl3N3O4S. The lowest BCUT2D eigenvalue weighted by Gasteiger charge is -2.32. The Morgan fingerprint density at radius 2 is 1.64 bits per heavy atom. The van der Waals surface area contributed by atoms with Crippen LogP contribution in [0.5, 0.6) is 0 Å². The van der Waals surface area contributed by atoms with Gasteiger partial charge in [0.2, 0.25) is 11.8 Å². The number of halogens is 3. The van der Waals surface area contributed by atoms with Crippen molar-refractivity contribution in [3.63, 3.8) is 0 Å². The van der Waals surface area contributed by atoms with E-state index in [1.54, 1.807) is 61.5 Å². The van der Waals surface area contributed by atoms with Gasteiger partial charge in [-0.05, 0) is 61.4 Å². The number of hydrogen-bond acceptors (Lipinski definition) is 4. The van der Waals surface area contributed by atoms with Crippen molar-refractivity contribution < 1.29 is 18.0 Å². The molecule has 0 aliphatic rings. The van der Waals surface area contributed by atoms with Crippen molar-refractivity contribution in [2.45, 2.75) is 44.2 Å². The van der Waals surface area contributed by atoms with Crippen molar-refractivity contribution in [2.24, 2.45) is 0 Å². The Labute approximate surface area is 244 Å². The van der Waals surface area contributed by atoms with Crippen LogP contribution in [0.25, 0.3) is 0 Å². The van der Waals surface area contributed by atoms with Crippen LogP contribution in [0.15, 0.2) is 77.7 Å². The molecule has 2 amide bonds. The normalized spacial score (nSPS) is 12.0. The van der Waals surface area contributed by atoms with Crippen LogP contribution in [0.1, 0.15) is 32.3 Å². The van der Waals surface area contributed by atoms with E-state index in [0.717, 1.165) is 17.1 Å². The maximum absolute atomic E-state index is 13.9. The Bertz CT molecular complexity index is 1400. The summed E-state index contributed by atoms with van der Waals surface area (Å²) in [7, 11) is -4.16. The van der Waals surface area contributed by atoms with Gasteiger partial charge in [0.15, 0.2) is 0 Å². The highest BCUT2D eigenvalue weighted by molar-refractivity contribution is 7.92. The molecular weight excluding hydrogens is 581 g/mol. The molecule has 0 aliphatic carbocycles. The quantitative estimate of drug-likeness (QED) is 0.248. The van der Waals surface area contributed by atoms with Crippen molar-refractivity contribution >= 4 is 62.3 Å². The second kappa shape index (κ2) is 14.0. The molecule has 3 aromatic rings. The summed E-state index contributed by atoms with van der Waals surface area (Å²) in [6, 6.07) is 18.1. The van der Waals surface area contributed by atoms with Gasteiger partial charge < -0.3 is 10.2 Å². The monoisotopic (exact) mass is 609 g/mol. The molecule has 0 radical (unpaired) electrons. The van der Waals surface area contributed by atoms with Gasteiger partial charge in [-0.25, -0.2) is 8.42 Å². The molecule has 39 heavy (non-hydrogen) atoms. The highest BCUT2D eigenvalue weighted by Crippen LogP contribution is 2.27. The number of rotatable bonds is 12. The van der Waals surface area contributed by atoms with E-state index in [-0.39, 0.29) is 23.0 Å². The summed E-state index contributed by atoms with van der Waals surface area (Å²) in [6.45, 7) is 3.52. The SMILES string of the molecule is CCCCNC(=O)[C@@H](C)N(Cc1ccc(Cl)c(Cl)c1)C(=O)CN(c1cccc(Cl)c1)S(=O)(=O)c1ccccc1. The van der Waals surface area contributed by atoms with E-state index < -0.39 is 28.5 Å². The Balaban J connectivity index is 2.00. The molecule has 11 heteroatoms. The number of anilines is 1. The fourth-order valence-corrected chi connectivity index (χ4v) is 5.77. The summed E-state index contributed by atoms with van der Waals surface area (Å²) in [5.74, 6) is -0.934. The molecule has 3 aromatic carbocycles. The molecule has 3 rings (SSSR count). The maximum Gasteiger partial charge on any atom is 0.264 e. The van der Waals surface area contributed by atoms with Crippen molar-refractivity contribution in [3.8, 4) is 0 Å². The topological polar surface area (TPSA) is 86.8 Å². The summed E-state index contributed by atoms with van der Waals surface area (Å²) < 4.78 is 28.4. The molecule has 0 fully saturated rings. The van der Waals surface area contributed by atoms with E-state index >= 15 is 0 Å². The summed E-state index contributed by atoms with van der Waals surface area (Å²) in [6.07, 6.45) is 1.68. The zero-order chi connectivity index (χ0) is 28.6. The van der Waals surface area contributed by atoms with Gasteiger partial charge in [-0.15, -0.1) is 0 Å². The zero-order valence-electron chi connectivity index (χ0n) is 21.6. The molecule has 0 aliphatic heterocycles. The minimum atomic E-state index is -4.16. The predicted molar refractivity (Wildman–Crippen MR) is 157 cm³/mol. The standard InChI is InChI=1S/C28H30Cl3N3O4S/c1-3-4-15-32-28(36)20(2)33(18-21-13-14-25(30)26(31)16-21)27(35)19-34(23-10-8-9-22(29)17-23)39(37,38)24-11-6-5-7-12-24/h5-14,16-17,20H,3-4,15,18-19H2,1-2H3,(H,32,36)/t20-/m1/s1. The summed E-state index contributed by atoms with van der Waals surface area (Å²) >= 11 is 18.4. The number of amides is 2. The number of sulfonamides is 1. The predicted octanol–water partition coefficient (Wildman–Crippen LogP) is 6.18. The second-order valence-electron chi connectivity index (χ2n) is 8.90. The minimum Gasteiger partial charge on any atom is -0.354 e. The van der Waals surface area contributed by atoms with Crippen LogP contribution >= 0.6 is 34.8 Å². The van der Waals surface area contributed by atoms with Crippen molar-refractivity contribution in [1.82, 2.24) is 10.2 Å². The van der Waals surface area contributed by atoms with Crippen molar-refractivity contribution in [1.29, 1.82) is 0 Å². The average molecular weight is 611 g/mol. The Kier molecular flexibility index (Phi) is 11.1. The molecule has 1 atom stereocenters. The van der Waals surface area contributed by atoms with Gasteiger partial charge >= 0.3 is 0 Å². The fourth-order valence-electron chi connectivity index (χ4n) is 3.83. The van der Waals surface area contributed by atoms with Gasteiger partial charge in [-0.2, -0.15) is 0 Å². The van der Waals surface area contributed by atoms with Crippen LogP contribution in [-0.4, -0.2) is 44.3 Å². The van der Waals surface area contributed by atoms with Crippen LogP contribution in [0, 0.1) is 0 Å². The second-order valence-corrected chi connectivity index (χ2v) is 12.0. The summed E-state index contributed by atoms with van der Waals surface area (Å²) in [5.41, 5.74) is 0.848. The number of nitrogens with one attached hydrogen (secondary N) is 1. The molecule has 7 nitrogen and oxygen atoms in total. The first kappa shape index (κ1) is 30.8. The number of nitrogens with zero attached hydrogens (tertiary/aromatic N) is 2. The molecule has 0 spiro atoms. The lowest BCUT2D eigenvalue weighted by Crippen LogP contribution is -2.51. The molecule has 0 heterocycles. The Hall–Kier alpha value is -2.78. The van der Waals surface area contributed by atoms with E-state index in [2.05, 4.69) is 5.32 Å². The first-order valence-electron chi connectivity index (χ1n) is 12.4. The van der Waals surface area contributed by atoms with Gasteiger partial charge in [0.25, 0.3) is 10.0 Å². The van der Waals surface area contributed by atoms with E-state index in [9.17, 15) is 18.0 Å². The lowest BCUT2D eigenvalue weighted by atomic mass is 10.1. The smallest absolute Gasteiger partial charge is 0.264 e. The van der Waals surface area contributed by atoms with E-state index in [1.165, 1.54) is 23.1 Å². The molecule has 0 saturated carbocycles. The van der Waals surface area contributed by atoms with Gasteiger partial charge in [0.1, 0.15) is 12.6 Å². The van der Waals surface area contributed by atoms with Crippen LogP contribution in [0.4, 0.5) is 5.69 Å². The Morgan fingerprint density at radius 3 is 2.28 bits per heavy atom. The fraction of sp³-hybridized carbons (Fsp3) is 0.286. The van der Waals surface area contributed by atoms with Gasteiger partial charge in [-0.1, -0.05) is 78.5 Å². The van der Waals surface area contributed by atoms with Gasteiger partial charge in [-0.3, -0.25) is 13.9 Å². The number of benzene rings is 3. The molecule has 208 valence electrons. The number of carbonyl (C=O) groups is 2. The lowest BCUT2D eigenvalue weighted by molar-refractivity contribution is -0.139. The molecule has 0 saturated heterocycles. The van der Waals surface area contributed by atoms with Gasteiger partial charge in [0, 0.05) is 18.1 Å². The van der Waals surface area contributed by atoms with Crippen LogP contribution < -0.4 is 9.62 Å². The number of hydrogen-bond donors (Lipinski definition) is 1. The maximum atomic E-state index is 13.9. The number of unbranched alkanes of at least 4 members (excludes halogenated alkanes) is 1. The Morgan fingerprint density at radius 1 is 0.923 bits per heavy atom. The summed E-state index contributed by atoms with van der Waals surface area (Å²) in [5, 5.41) is 3.81. The van der Waals surface area contributed by atoms with E-state index in [0.29, 0.717) is 27.2 Å². The number of carbonyl (C=O) groups excluding carboxylic acids is 2. The van der Waals surface area contributed by atoms with E-state index in [1.807, 2.05) is 6.92 Å². The molecule has 0 unspecified atom stereocenters. The molecule has 0 bridgehead atoms.